The Labute approximate surface area is 128 Å². The zero-order valence-electron chi connectivity index (χ0n) is 12.5. The monoisotopic (exact) mass is 306 g/mol. The fourth-order valence-electron chi connectivity index (χ4n) is 2.01. The second-order valence-corrected chi connectivity index (χ2v) is 4.63. The maximum atomic E-state index is 11.7. The number of esters is 2. The van der Waals surface area contributed by atoms with Crippen LogP contribution in [0.5, 0.6) is 11.5 Å². The van der Waals surface area contributed by atoms with Gasteiger partial charge in [0.15, 0.2) is 18.1 Å². The molecule has 0 aromatic heterocycles. The Morgan fingerprint density at radius 2 is 2.23 bits per heavy atom. The lowest BCUT2D eigenvalue weighted by Crippen LogP contribution is -2.26. The summed E-state index contributed by atoms with van der Waals surface area (Å²) in [7, 11) is 1.52. The molecule has 0 radical (unpaired) electrons. The van der Waals surface area contributed by atoms with Crippen molar-refractivity contribution in [1.82, 2.24) is 0 Å². The van der Waals surface area contributed by atoms with Crippen LogP contribution in [0.25, 0.3) is 6.08 Å². The van der Waals surface area contributed by atoms with Gasteiger partial charge in [-0.25, -0.2) is 9.59 Å². The quantitative estimate of drug-likeness (QED) is 0.748. The number of rotatable bonds is 6. The van der Waals surface area contributed by atoms with Crippen molar-refractivity contribution in [3.8, 4) is 11.5 Å². The number of allylic oxidation sites excluding steroid dienone is 1. The second-order valence-electron chi connectivity index (χ2n) is 4.63. The third-order valence-corrected chi connectivity index (χ3v) is 3.05. The summed E-state index contributed by atoms with van der Waals surface area (Å²) >= 11 is 0. The van der Waals surface area contributed by atoms with E-state index in [1.54, 1.807) is 12.1 Å². The molecule has 1 atom stereocenters. The molecule has 6 nitrogen and oxygen atoms in total. The average Bonchev–Trinajstić information content (AvgIpc) is 2.91. The minimum Gasteiger partial charge on any atom is -0.493 e. The van der Waals surface area contributed by atoms with E-state index in [-0.39, 0.29) is 13.2 Å². The molecular weight excluding hydrogens is 288 g/mol. The molecular formula is C16H18O6. The Bertz CT molecular complexity index is 578. The zero-order valence-corrected chi connectivity index (χ0v) is 12.5. The zero-order chi connectivity index (χ0) is 15.9. The van der Waals surface area contributed by atoms with Crippen LogP contribution < -0.4 is 9.47 Å². The summed E-state index contributed by atoms with van der Waals surface area (Å²) in [6.45, 7) is 1.89. The van der Waals surface area contributed by atoms with Gasteiger partial charge in [-0.1, -0.05) is 18.2 Å². The number of carbonyl (C=O) groups is 2. The lowest BCUT2D eigenvalue weighted by molar-refractivity contribution is -0.161. The minimum atomic E-state index is -0.824. The minimum absolute atomic E-state index is 0.276. The second kappa shape index (κ2) is 7.49. The molecule has 1 saturated heterocycles. The van der Waals surface area contributed by atoms with Gasteiger partial charge < -0.3 is 18.9 Å². The topological polar surface area (TPSA) is 71.1 Å². The number of ether oxygens (including phenoxy) is 4. The number of benzene rings is 1. The van der Waals surface area contributed by atoms with Crippen molar-refractivity contribution in [3.63, 3.8) is 0 Å². The standard InChI is InChI=1S/C16H18O6/c1-3-4-11-5-6-12(14(9-11)19-2)21-10-15(17)22-13-7-8-20-16(13)18/h3-6,9,13H,7-8,10H2,1-2H3/b4-3+/t13-/m0/s1. The predicted octanol–water partition coefficient (Wildman–Crippen LogP) is 1.97. The van der Waals surface area contributed by atoms with E-state index in [0.717, 1.165) is 5.56 Å². The number of methoxy groups -OCH3 is 1. The van der Waals surface area contributed by atoms with Gasteiger partial charge >= 0.3 is 11.9 Å². The first kappa shape index (κ1) is 15.9. The Morgan fingerprint density at radius 1 is 1.41 bits per heavy atom. The highest BCUT2D eigenvalue weighted by atomic mass is 16.6. The lowest BCUT2D eigenvalue weighted by Gasteiger charge is -2.12. The first-order valence-electron chi connectivity index (χ1n) is 6.93. The van der Waals surface area contributed by atoms with Gasteiger partial charge in [-0.2, -0.15) is 0 Å². The molecule has 0 spiro atoms. The van der Waals surface area contributed by atoms with Crippen LogP contribution in [0.15, 0.2) is 24.3 Å². The van der Waals surface area contributed by atoms with Crippen molar-refractivity contribution in [2.24, 2.45) is 0 Å². The molecule has 1 aromatic rings. The summed E-state index contributed by atoms with van der Waals surface area (Å²) in [5.74, 6) is -0.185. The highest BCUT2D eigenvalue weighted by molar-refractivity contribution is 5.81. The van der Waals surface area contributed by atoms with Gasteiger partial charge in [-0.05, 0) is 24.6 Å². The Hall–Kier alpha value is -2.50. The molecule has 22 heavy (non-hydrogen) atoms. The Kier molecular flexibility index (Phi) is 5.41. The number of hydrogen-bond acceptors (Lipinski definition) is 6. The average molecular weight is 306 g/mol. The highest BCUT2D eigenvalue weighted by Crippen LogP contribution is 2.28. The first-order chi connectivity index (χ1) is 10.6. The number of cyclic esters (lactones) is 1. The van der Waals surface area contributed by atoms with E-state index in [9.17, 15) is 9.59 Å². The van der Waals surface area contributed by atoms with Crippen molar-refractivity contribution in [3.05, 3.63) is 29.8 Å². The van der Waals surface area contributed by atoms with E-state index in [1.165, 1.54) is 7.11 Å². The van der Waals surface area contributed by atoms with Gasteiger partial charge in [0.1, 0.15) is 0 Å². The van der Waals surface area contributed by atoms with Gasteiger partial charge in [0.25, 0.3) is 0 Å². The van der Waals surface area contributed by atoms with Crippen molar-refractivity contribution in [2.45, 2.75) is 19.4 Å². The third-order valence-electron chi connectivity index (χ3n) is 3.05. The van der Waals surface area contributed by atoms with E-state index in [2.05, 4.69) is 0 Å². The van der Waals surface area contributed by atoms with Gasteiger partial charge in [0, 0.05) is 6.42 Å². The molecule has 0 aliphatic carbocycles. The third kappa shape index (κ3) is 4.00. The summed E-state index contributed by atoms with van der Waals surface area (Å²) in [6, 6.07) is 5.36. The van der Waals surface area contributed by atoms with E-state index in [4.69, 9.17) is 18.9 Å². The molecule has 1 fully saturated rings. The Morgan fingerprint density at radius 3 is 2.86 bits per heavy atom. The van der Waals surface area contributed by atoms with Gasteiger partial charge in [0.05, 0.1) is 13.7 Å². The van der Waals surface area contributed by atoms with Crippen LogP contribution in [0.3, 0.4) is 0 Å². The lowest BCUT2D eigenvalue weighted by atomic mass is 10.2. The van der Waals surface area contributed by atoms with E-state index in [0.29, 0.717) is 17.9 Å². The van der Waals surface area contributed by atoms with Gasteiger partial charge in [-0.15, -0.1) is 0 Å². The van der Waals surface area contributed by atoms with Crippen molar-refractivity contribution in [2.75, 3.05) is 20.3 Å². The molecule has 0 saturated carbocycles. The molecule has 0 unspecified atom stereocenters. The predicted molar refractivity (Wildman–Crippen MR) is 78.7 cm³/mol. The van der Waals surface area contributed by atoms with E-state index >= 15 is 0 Å². The maximum absolute atomic E-state index is 11.7. The molecule has 0 amide bonds. The molecule has 2 rings (SSSR count). The van der Waals surface area contributed by atoms with Crippen molar-refractivity contribution >= 4 is 18.0 Å². The smallest absolute Gasteiger partial charge is 0.347 e. The highest BCUT2D eigenvalue weighted by Gasteiger charge is 2.30. The Balaban J connectivity index is 1.93. The van der Waals surface area contributed by atoms with Crippen LogP contribution in [-0.4, -0.2) is 38.4 Å². The molecule has 1 aliphatic rings. The first-order valence-corrected chi connectivity index (χ1v) is 6.93. The summed E-state index contributed by atoms with van der Waals surface area (Å²) in [4.78, 5) is 22.9. The van der Waals surface area contributed by atoms with Crippen LogP contribution in [0.2, 0.25) is 0 Å². The fourth-order valence-corrected chi connectivity index (χ4v) is 2.01. The summed E-state index contributed by atoms with van der Waals surface area (Å²) in [5, 5.41) is 0. The summed E-state index contributed by atoms with van der Waals surface area (Å²) < 4.78 is 20.3. The number of hydrogen-bond donors (Lipinski definition) is 0. The van der Waals surface area contributed by atoms with Gasteiger partial charge in [-0.3, -0.25) is 0 Å². The number of carbonyl (C=O) groups excluding carboxylic acids is 2. The molecule has 0 N–H and O–H groups in total. The van der Waals surface area contributed by atoms with Crippen molar-refractivity contribution in [1.29, 1.82) is 0 Å². The van der Waals surface area contributed by atoms with Crippen LogP contribution in [-0.2, 0) is 19.1 Å². The van der Waals surface area contributed by atoms with Crippen LogP contribution in [0.1, 0.15) is 18.9 Å². The SMILES string of the molecule is C/C=C/c1ccc(OCC(=O)O[C@H]2CCOC2=O)c(OC)c1. The summed E-state index contributed by atoms with van der Waals surface area (Å²) in [5.41, 5.74) is 0.961. The molecule has 1 heterocycles. The molecule has 1 aliphatic heterocycles. The molecule has 0 bridgehead atoms. The molecule has 1 aromatic carbocycles. The van der Waals surface area contributed by atoms with Gasteiger partial charge in [0.2, 0.25) is 6.10 Å². The maximum Gasteiger partial charge on any atom is 0.347 e. The van der Waals surface area contributed by atoms with Crippen LogP contribution >= 0.6 is 0 Å². The van der Waals surface area contributed by atoms with E-state index < -0.39 is 18.0 Å². The normalized spacial score (nSPS) is 17.4. The van der Waals surface area contributed by atoms with Crippen molar-refractivity contribution < 1.29 is 28.5 Å². The summed E-state index contributed by atoms with van der Waals surface area (Å²) in [6.07, 6.45) is 3.39. The fraction of sp³-hybridized carbons (Fsp3) is 0.375. The van der Waals surface area contributed by atoms with E-state index in [1.807, 2.05) is 25.1 Å². The van der Waals surface area contributed by atoms with Crippen LogP contribution in [0, 0.1) is 0 Å². The molecule has 6 heteroatoms. The largest absolute Gasteiger partial charge is 0.493 e. The molecule has 118 valence electrons. The van der Waals surface area contributed by atoms with Crippen LogP contribution in [0.4, 0.5) is 0 Å².